The number of carboxylic acid groups (broad SMARTS) is 1. The van der Waals surface area contributed by atoms with Crippen LogP contribution in [0.2, 0.25) is 0 Å². The smallest absolute Gasteiger partial charge is 0.304 e. The highest BCUT2D eigenvalue weighted by molar-refractivity contribution is 5.76. The summed E-state index contributed by atoms with van der Waals surface area (Å²) in [7, 11) is 1.93. The van der Waals surface area contributed by atoms with Crippen LogP contribution in [-0.2, 0) is 16.0 Å². The summed E-state index contributed by atoms with van der Waals surface area (Å²) in [5, 5.41) is 15.7. The first-order valence-electron chi connectivity index (χ1n) is 8.00. The normalized spacial score (nSPS) is 21.5. The number of aromatic nitrogens is 1. The number of likely N-dealkylation sites (tertiary alicyclic amines) is 1. The summed E-state index contributed by atoms with van der Waals surface area (Å²) in [6.45, 7) is 4.29. The first kappa shape index (κ1) is 17.5. The second-order valence-corrected chi connectivity index (χ2v) is 6.26. The van der Waals surface area contributed by atoms with Crippen molar-refractivity contribution in [3.63, 3.8) is 0 Å². The van der Waals surface area contributed by atoms with Crippen LogP contribution in [0.5, 0.6) is 0 Å². The SMILES string of the molecule is Cc1noc(C)c1CCC(=O)NC[C@@H]1CC[C@H](CC(=O)O)N1C. The first-order valence-corrected chi connectivity index (χ1v) is 8.00. The topological polar surface area (TPSA) is 95.7 Å². The predicted molar refractivity (Wildman–Crippen MR) is 84.1 cm³/mol. The van der Waals surface area contributed by atoms with E-state index >= 15 is 0 Å². The van der Waals surface area contributed by atoms with Crippen LogP contribution in [0.15, 0.2) is 4.52 Å². The molecule has 1 amide bonds. The number of carbonyl (C=O) groups excluding carboxylic acids is 1. The van der Waals surface area contributed by atoms with E-state index in [-0.39, 0.29) is 24.4 Å². The number of rotatable bonds is 7. The second-order valence-electron chi connectivity index (χ2n) is 6.26. The molecule has 0 spiro atoms. The van der Waals surface area contributed by atoms with E-state index in [1.165, 1.54) is 0 Å². The molecule has 1 fully saturated rings. The lowest BCUT2D eigenvalue weighted by Gasteiger charge is -2.25. The lowest BCUT2D eigenvalue weighted by molar-refractivity contribution is -0.138. The van der Waals surface area contributed by atoms with Crippen LogP contribution in [-0.4, -0.2) is 52.7 Å². The summed E-state index contributed by atoms with van der Waals surface area (Å²) in [6, 6.07) is 0.277. The number of amides is 1. The number of nitrogens with one attached hydrogen (secondary N) is 1. The van der Waals surface area contributed by atoms with Crippen molar-refractivity contribution in [3.8, 4) is 0 Å². The Morgan fingerprint density at radius 1 is 1.35 bits per heavy atom. The molecule has 1 aliphatic rings. The van der Waals surface area contributed by atoms with Crippen molar-refractivity contribution in [1.29, 1.82) is 0 Å². The van der Waals surface area contributed by atoms with E-state index < -0.39 is 5.97 Å². The molecule has 0 bridgehead atoms. The van der Waals surface area contributed by atoms with Gasteiger partial charge in [-0.05, 0) is 40.2 Å². The molecule has 0 radical (unpaired) electrons. The van der Waals surface area contributed by atoms with Crippen molar-refractivity contribution < 1.29 is 19.2 Å². The number of likely N-dealkylation sites (N-methyl/N-ethyl adjacent to an activating group) is 1. The van der Waals surface area contributed by atoms with Gasteiger partial charge in [-0.25, -0.2) is 0 Å². The van der Waals surface area contributed by atoms with E-state index in [0.717, 1.165) is 29.9 Å². The van der Waals surface area contributed by atoms with Gasteiger partial charge in [-0.3, -0.25) is 14.5 Å². The Bertz CT molecular complexity index is 550. The van der Waals surface area contributed by atoms with Gasteiger partial charge in [0.05, 0.1) is 12.1 Å². The second kappa shape index (κ2) is 7.59. The fourth-order valence-electron chi connectivity index (χ4n) is 3.20. The highest BCUT2D eigenvalue weighted by Crippen LogP contribution is 2.24. The molecule has 23 heavy (non-hydrogen) atoms. The van der Waals surface area contributed by atoms with Gasteiger partial charge in [-0.15, -0.1) is 0 Å². The van der Waals surface area contributed by atoms with Gasteiger partial charge in [0.25, 0.3) is 0 Å². The van der Waals surface area contributed by atoms with Gasteiger partial charge in [-0.1, -0.05) is 5.16 Å². The van der Waals surface area contributed by atoms with Gasteiger partial charge in [-0.2, -0.15) is 0 Å². The Morgan fingerprint density at radius 2 is 2.04 bits per heavy atom. The van der Waals surface area contributed by atoms with Crippen LogP contribution in [0.3, 0.4) is 0 Å². The number of aryl methyl sites for hydroxylation is 2. The number of hydrogen-bond donors (Lipinski definition) is 2. The van der Waals surface area contributed by atoms with Crippen LogP contribution in [0.4, 0.5) is 0 Å². The molecular formula is C16H25N3O4. The molecule has 2 N–H and O–H groups in total. The fraction of sp³-hybridized carbons (Fsp3) is 0.688. The van der Waals surface area contributed by atoms with Crippen molar-refractivity contribution in [2.75, 3.05) is 13.6 Å². The Morgan fingerprint density at radius 3 is 2.65 bits per heavy atom. The van der Waals surface area contributed by atoms with E-state index in [1.54, 1.807) is 0 Å². The molecule has 0 aliphatic carbocycles. The highest BCUT2D eigenvalue weighted by atomic mass is 16.5. The largest absolute Gasteiger partial charge is 0.481 e. The van der Waals surface area contributed by atoms with Crippen LogP contribution >= 0.6 is 0 Å². The molecule has 7 nitrogen and oxygen atoms in total. The quantitative estimate of drug-likeness (QED) is 0.785. The van der Waals surface area contributed by atoms with Crippen molar-refractivity contribution in [2.45, 2.75) is 58.0 Å². The Hall–Kier alpha value is -1.89. The first-order chi connectivity index (χ1) is 10.9. The van der Waals surface area contributed by atoms with E-state index in [1.807, 2.05) is 20.9 Å². The maximum absolute atomic E-state index is 12.0. The maximum atomic E-state index is 12.0. The van der Waals surface area contributed by atoms with Gasteiger partial charge in [0, 0.05) is 30.6 Å². The third-order valence-electron chi connectivity index (χ3n) is 4.71. The molecule has 7 heteroatoms. The highest BCUT2D eigenvalue weighted by Gasteiger charge is 2.31. The molecule has 0 unspecified atom stereocenters. The molecule has 2 heterocycles. The lowest BCUT2D eigenvalue weighted by Crippen LogP contribution is -2.41. The molecule has 128 valence electrons. The van der Waals surface area contributed by atoms with Crippen LogP contribution in [0.25, 0.3) is 0 Å². The average molecular weight is 323 g/mol. The van der Waals surface area contributed by atoms with Gasteiger partial charge < -0.3 is 14.9 Å². The summed E-state index contributed by atoms with van der Waals surface area (Å²) in [5.74, 6) is -0.00609. The monoisotopic (exact) mass is 323 g/mol. The van der Waals surface area contributed by atoms with Gasteiger partial charge >= 0.3 is 5.97 Å². The summed E-state index contributed by atoms with van der Waals surface area (Å²) in [6.07, 6.45) is 2.96. The molecule has 1 saturated heterocycles. The van der Waals surface area contributed by atoms with Gasteiger partial charge in [0.1, 0.15) is 5.76 Å². The van der Waals surface area contributed by atoms with Crippen molar-refractivity contribution >= 4 is 11.9 Å². The van der Waals surface area contributed by atoms with Crippen LogP contribution in [0.1, 0.15) is 42.7 Å². The van der Waals surface area contributed by atoms with Gasteiger partial charge in [0.2, 0.25) is 5.91 Å². The van der Waals surface area contributed by atoms with E-state index in [2.05, 4.69) is 15.4 Å². The Labute approximate surface area is 136 Å². The maximum Gasteiger partial charge on any atom is 0.304 e. The number of aliphatic carboxylic acids is 1. The molecule has 1 aliphatic heterocycles. The van der Waals surface area contributed by atoms with Crippen LogP contribution < -0.4 is 5.32 Å². The number of carbonyl (C=O) groups is 2. The predicted octanol–water partition coefficient (Wildman–Crippen LogP) is 1.28. The number of nitrogens with zero attached hydrogens (tertiary/aromatic N) is 2. The number of hydrogen-bond acceptors (Lipinski definition) is 5. The van der Waals surface area contributed by atoms with E-state index in [9.17, 15) is 9.59 Å². The molecule has 2 rings (SSSR count). The third-order valence-corrected chi connectivity index (χ3v) is 4.71. The molecule has 0 saturated carbocycles. The minimum Gasteiger partial charge on any atom is -0.481 e. The molecule has 1 aromatic heterocycles. The molecule has 1 aromatic rings. The summed E-state index contributed by atoms with van der Waals surface area (Å²) in [4.78, 5) is 24.9. The third kappa shape index (κ3) is 4.54. The zero-order valence-electron chi connectivity index (χ0n) is 14.0. The zero-order valence-corrected chi connectivity index (χ0v) is 14.0. The summed E-state index contributed by atoms with van der Waals surface area (Å²) < 4.78 is 5.09. The van der Waals surface area contributed by atoms with Gasteiger partial charge in [0.15, 0.2) is 0 Å². The summed E-state index contributed by atoms with van der Waals surface area (Å²) in [5.41, 5.74) is 1.84. The van der Waals surface area contributed by atoms with Crippen molar-refractivity contribution in [3.05, 3.63) is 17.0 Å². The average Bonchev–Trinajstić information content (AvgIpc) is 2.99. The number of carboxylic acids is 1. The van der Waals surface area contributed by atoms with E-state index in [4.69, 9.17) is 9.63 Å². The Kier molecular flexibility index (Phi) is 5.76. The zero-order chi connectivity index (χ0) is 17.0. The van der Waals surface area contributed by atoms with Crippen molar-refractivity contribution in [2.24, 2.45) is 0 Å². The minimum atomic E-state index is -0.772. The molecular weight excluding hydrogens is 298 g/mol. The Balaban J connectivity index is 1.74. The fourth-order valence-corrected chi connectivity index (χ4v) is 3.20. The van der Waals surface area contributed by atoms with Crippen LogP contribution in [0, 0.1) is 13.8 Å². The van der Waals surface area contributed by atoms with E-state index in [0.29, 0.717) is 19.4 Å². The standard InChI is InChI=1S/C16H25N3O4/c1-10-14(11(2)23-18-10)6-7-15(20)17-9-13-5-4-12(19(13)3)8-16(21)22/h12-13H,4-9H2,1-3H3,(H,17,20)(H,21,22)/t12-,13+/m1/s1. The molecule has 0 aromatic carbocycles. The lowest BCUT2D eigenvalue weighted by atomic mass is 10.1. The molecule has 2 atom stereocenters. The van der Waals surface area contributed by atoms with Crippen molar-refractivity contribution in [1.82, 2.24) is 15.4 Å². The summed E-state index contributed by atoms with van der Waals surface area (Å²) >= 11 is 0. The minimum absolute atomic E-state index is 0.0000783.